The smallest absolute Gasteiger partial charge is 0.222 e. The number of nitrogens with one attached hydrogen (secondary N) is 1. The molecule has 3 nitrogen and oxygen atoms in total. The predicted molar refractivity (Wildman–Crippen MR) is 66.3 cm³/mol. The Balaban J connectivity index is 2.20. The van der Waals surface area contributed by atoms with E-state index in [0.717, 1.165) is 38.9 Å². The van der Waals surface area contributed by atoms with Gasteiger partial charge in [0.25, 0.3) is 0 Å². The molecule has 4 heteroatoms. The summed E-state index contributed by atoms with van der Waals surface area (Å²) in [6, 6.07) is 0.367. The van der Waals surface area contributed by atoms with Crippen LogP contribution in [0.2, 0.25) is 0 Å². The molecule has 1 atom stereocenters. The molecule has 1 fully saturated rings. The lowest BCUT2D eigenvalue weighted by atomic mass is 10.1. The summed E-state index contributed by atoms with van der Waals surface area (Å²) in [4.78, 5) is 13.9. The average Bonchev–Trinajstić information content (AvgIpc) is 2.25. The molecule has 1 amide bonds. The number of thioether (sulfide) groups is 1. The SMILES string of the molecule is CSCCCCC(=O)N1CCNCC1C. The Hall–Kier alpha value is -0.220. The summed E-state index contributed by atoms with van der Waals surface area (Å²) in [6.45, 7) is 4.88. The maximum Gasteiger partial charge on any atom is 0.222 e. The van der Waals surface area contributed by atoms with Gasteiger partial charge in [0.1, 0.15) is 0 Å². The number of hydrogen-bond acceptors (Lipinski definition) is 3. The van der Waals surface area contributed by atoms with Gasteiger partial charge in [-0.3, -0.25) is 4.79 Å². The maximum atomic E-state index is 11.9. The first-order valence-electron chi connectivity index (χ1n) is 5.75. The van der Waals surface area contributed by atoms with Crippen molar-refractivity contribution in [3.05, 3.63) is 0 Å². The third-order valence-electron chi connectivity index (χ3n) is 2.81. The molecule has 0 aromatic heterocycles. The van der Waals surface area contributed by atoms with E-state index in [0.29, 0.717) is 11.9 Å². The van der Waals surface area contributed by atoms with Crippen LogP contribution in [0.4, 0.5) is 0 Å². The van der Waals surface area contributed by atoms with Crippen molar-refractivity contribution in [2.24, 2.45) is 0 Å². The number of amides is 1. The molecular weight excluding hydrogens is 208 g/mol. The van der Waals surface area contributed by atoms with E-state index in [1.165, 1.54) is 5.75 Å². The van der Waals surface area contributed by atoms with Gasteiger partial charge >= 0.3 is 0 Å². The molecule has 0 aromatic carbocycles. The van der Waals surface area contributed by atoms with E-state index in [4.69, 9.17) is 0 Å². The van der Waals surface area contributed by atoms with Crippen LogP contribution in [0.25, 0.3) is 0 Å². The second kappa shape index (κ2) is 7.12. The summed E-state index contributed by atoms with van der Waals surface area (Å²) < 4.78 is 0. The Morgan fingerprint density at radius 1 is 1.53 bits per heavy atom. The van der Waals surface area contributed by atoms with Crippen LogP contribution >= 0.6 is 11.8 Å². The maximum absolute atomic E-state index is 11.9. The van der Waals surface area contributed by atoms with E-state index in [1.807, 2.05) is 16.7 Å². The minimum atomic E-state index is 0.338. The van der Waals surface area contributed by atoms with Crippen molar-refractivity contribution in [2.75, 3.05) is 31.6 Å². The predicted octanol–water partition coefficient (Wildman–Crippen LogP) is 1.34. The molecule has 0 radical (unpaired) electrons. The number of hydrogen-bond donors (Lipinski definition) is 1. The van der Waals surface area contributed by atoms with Gasteiger partial charge < -0.3 is 10.2 Å². The van der Waals surface area contributed by atoms with Gasteiger partial charge in [0.15, 0.2) is 0 Å². The van der Waals surface area contributed by atoms with E-state index in [2.05, 4.69) is 18.5 Å². The molecule has 1 rings (SSSR count). The van der Waals surface area contributed by atoms with E-state index in [1.54, 1.807) is 0 Å². The lowest BCUT2D eigenvalue weighted by Crippen LogP contribution is -2.52. The largest absolute Gasteiger partial charge is 0.337 e. The zero-order chi connectivity index (χ0) is 11.1. The lowest BCUT2D eigenvalue weighted by molar-refractivity contribution is -0.134. The molecule has 1 N–H and O–H groups in total. The van der Waals surface area contributed by atoms with Crippen molar-refractivity contribution in [3.8, 4) is 0 Å². The van der Waals surface area contributed by atoms with E-state index in [9.17, 15) is 4.79 Å². The quantitative estimate of drug-likeness (QED) is 0.723. The van der Waals surface area contributed by atoms with Crippen LogP contribution in [0.3, 0.4) is 0 Å². The molecular formula is C11H22N2OS. The molecule has 1 aliphatic heterocycles. The van der Waals surface area contributed by atoms with E-state index < -0.39 is 0 Å². The molecule has 15 heavy (non-hydrogen) atoms. The summed E-state index contributed by atoms with van der Waals surface area (Å²) in [5.41, 5.74) is 0. The number of piperazine rings is 1. The highest BCUT2D eigenvalue weighted by molar-refractivity contribution is 7.98. The van der Waals surface area contributed by atoms with Crippen LogP contribution in [-0.2, 0) is 4.79 Å². The Labute approximate surface area is 97.0 Å². The topological polar surface area (TPSA) is 32.3 Å². The van der Waals surface area contributed by atoms with Gasteiger partial charge in [-0.2, -0.15) is 11.8 Å². The summed E-state index contributed by atoms with van der Waals surface area (Å²) in [5, 5.41) is 3.30. The Morgan fingerprint density at radius 3 is 3.00 bits per heavy atom. The van der Waals surface area contributed by atoms with Crippen molar-refractivity contribution in [2.45, 2.75) is 32.2 Å². The van der Waals surface area contributed by atoms with Gasteiger partial charge in [-0.15, -0.1) is 0 Å². The summed E-state index contributed by atoms with van der Waals surface area (Å²) in [5.74, 6) is 1.51. The number of nitrogens with zero attached hydrogens (tertiary/aromatic N) is 1. The zero-order valence-corrected chi connectivity index (χ0v) is 10.6. The normalized spacial score (nSPS) is 21.7. The Morgan fingerprint density at radius 2 is 2.33 bits per heavy atom. The van der Waals surface area contributed by atoms with Gasteiger partial charge in [-0.1, -0.05) is 0 Å². The first-order valence-corrected chi connectivity index (χ1v) is 7.14. The fourth-order valence-electron chi connectivity index (χ4n) is 1.88. The third kappa shape index (κ3) is 4.43. The molecule has 0 aliphatic carbocycles. The fourth-order valence-corrected chi connectivity index (χ4v) is 2.37. The number of carbonyl (C=O) groups is 1. The van der Waals surface area contributed by atoms with Crippen molar-refractivity contribution < 1.29 is 4.79 Å². The second-order valence-corrected chi connectivity index (χ2v) is 5.08. The summed E-state index contributed by atoms with van der Waals surface area (Å²) >= 11 is 1.85. The Kier molecular flexibility index (Phi) is 6.10. The monoisotopic (exact) mass is 230 g/mol. The van der Waals surface area contributed by atoms with Crippen LogP contribution in [0.5, 0.6) is 0 Å². The first-order chi connectivity index (χ1) is 7.25. The van der Waals surface area contributed by atoms with Crippen LogP contribution in [0.1, 0.15) is 26.2 Å². The average molecular weight is 230 g/mol. The van der Waals surface area contributed by atoms with Crippen LogP contribution < -0.4 is 5.32 Å². The van der Waals surface area contributed by atoms with E-state index >= 15 is 0 Å². The lowest BCUT2D eigenvalue weighted by Gasteiger charge is -2.34. The summed E-state index contributed by atoms with van der Waals surface area (Å²) in [6.07, 6.45) is 5.04. The zero-order valence-electron chi connectivity index (χ0n) is 9.79. The molecule has 1 saturated heterocycles. The van der Waals surface area contributed by atoms with Crippen molar-refractivity contribution in [1.29, 1.82) is 0 Å². The Bertz CT molecular complexity index is 199. The van der Waals surface area contributed by atoms with Crippen LogP contribution in [0, 0.1) is 0 Å². The van der Waals surface area contributed by atoms with Gasteiger partial charge in [-0.25, -0.2) is 0 Å². The number of carbonyl (C=O) groups excluding carboxylic acids is 1. The molecule has 88 valence electrons. The van der Waals surface area contributed by atoms with Gasteiger partial charge in [0.2, 0.25) is 5.91 Å². The molecule has 1 heterocycles. The van der Waals surface area contributed by atoms with Crippen LogP contribution in [-0.4, -0.2) is 48.5 Å². The standard InChI is InChI=1S/C11H22N2OS/c1-10-9-12-6-7-13(10)11(14)5-3-4-8-15-2/h10,12H,3-9H2,1-2H3. The first kappa shape index (κ1) is 12.8. The second-order valence-electron chi connectivity index (χ2n) is 4.09. The van der Waals surface area contributed by atoms with Crippen molar-refractivity contribution in [3.63, 3.8) is 0 Å². The molecule has 0 bridgehead atoms. The van der Waals surface area contributed by atoms with Crippen molar-refractivity contribution in [1.82, 2.24) is 10.2 Å². The highest BCUT2D eigenvalue weighted by atomic mass is 32.2. The van der Waals surface area contributed by atoms with E-state index in [-0.39, 0.29) is 0 Å². The molecule has 0 saturated carbocycles. The molecule has 1 unspecified atom stereocenters. The number of unbranched alkanes of at least 4 members (excludes halogenated alkanes) is 1. The van der Waals surface area contributed by atoms with Gasteiger partial charge in [0.05, 0.1) is 0 Å². The highest BCUT2D eigenvalue weighted by Crippen LogP contribution is 2.09. The molecule has 0 aromatic rings. The van der Waals surface area contributed by atoms with Gasteiger partial charge in [-0.05, 0) is 31.8 Å². The fraction of sp³-hybridized carbons (Fsp3) is 0.909. The minimum Gasteiger partial charge on any atom is -0.337 e. The summed E-state index contributed by atoms with van der Waals surface area (Å²) in [7, 11) is 0. The molecule has 1 aliphatic rings. The molecule has 0 spiro atoms. The third-order valence-corrected chi connectivity index (χ3v) is 3.51. The highest BCUT2D eigenvalue weighted by Gasteiger charge is 2.21. The number of rotatable bonds is 5. The van der Waals surface area contributed by atoms with Crippen molar-refractivity contribution >= 4 is 17.7 Å². The minimum absolute atomic E-state index is 0.338. The van der Waals surface area contributed by atoms with Crippen LogP contribution in [0.15, 0.2) is 0 Å². The van der Waals surface area contributed by atoms with Gasteiger partial charge in [0, 0.05) is 32.1 Å².